The largest absolute Gasteiger partial charge is 0.488 e. The van der Waals surface area contributed by atoms with Gasteiger partial charge < -0.3 is 4.74 Å². The first-order valence-corrected chi connectivity index (χ1v) is 10.2. The summed E-state index contributed by atoms with van der Waals surface area (Å²) in [5, 5.41) is 11.5. The number of nitrogens with one attached hydrogen (secondary N) is 1. The molecule has 1 N–H and O–H groups in total. The molecule has 0 spiro atoms. The van der Waals surface area contributed by atoms with Crippen molar-refractivity contribution in [2.75, 3.05) is 4.90 Å². The van der Waals surface area contributed by atoms with Gasteiger partial charge in [-0.15, -0.1) is 0 Å². The lowest BCUT2D eigenvalue weighted by molar-refractivity contribution is -0.122. The minimum atomic E-state index is -0.797. The summed E-state index contributed by atoms with van der Waals surface area (Å²) in [4.78, 5) is 39.1. The molecule has 3 aromatic rings. The predicted molar refractivity (Wildman–Crippen MR) is 122 cm³/mol. The van der Waals surface area contributed by atoms with Gasteiger partial charge in [0, 0.05) is 11.1 Å². The third-order valence-electron chi connectivity index (χ3n) is 5.20. The van der Waals surface area contributed by atoms with Gasteiger partial charge in [-0.05, 0) is 36.8 Å². The van der Waals surface area contributed by atoms with Crippen molar-refractivity contribution in [3.05, 3.63) is 101 Å². The fourth-order valence-electron chi connectivity index (χ4n) is 3.49. The number of benzene rings is 3. The molecule has 1 heterocycles. The summed E-state index contributed by atoms with van der Waals surface area (Å²) in [6.45, 7) is 1.91. The summed E-state index contributed by atoms with van der Waals surface area (Å²) in [5.41, 5.74) is 2.63. The molecule has 1 aliphatic rings. The second-order valence-electron chi connectivity index (χ2n) is 7.34. The highest BCUT2D eigenvalue weighted by atomic mass is 16.5. The van der Waals surface area contributed by atoms with Crippen LogP contribution in [-0.2, 0) is 16.2 Å². The fourth-order valence-corrected chi connectivity index (χ4v) is 3.49. The van der Waals surface area contributed by atoms with Crippen molar-refractivity contribution >= 4 is 29.6 Å². The highest BCUT2D eigenvalue weighted by Crippen LogP contribution is 2.27. The first-order valence-electron chi connectivity index (χ1n) is 10.2. The number of hydrogen-bond donors (Lipinski definition) is 1. The lowest BCUT2D eigenvalue weighted by atomic mass is 10.0. The highest BCUT2D eigenvalue weighted by molar-refractivity contribution is 6.39. The summed E-state index contributed by atoms with van der Waals surface area (Å²) >= 11 is 0. The van der Waals surface area contributed by atoms with Gasteiger partial charge >= 0.3 is 6.03 Å². The molecule has 0 aliphatic carbocycles. The molecular formula is C26H19N3O4. The van der Waals surface area contributed by atoms with Gasteiger partial charge in [-0.3, -0.25) is 14.9 Å². The van der Waals surface area contributed by atoms with Gasteiger partial charge in [-0.1, -0.05) is 54.6 Å². The number of hydrogen-bond acceptors (Lipinski definition) is 5. The number of rotatable bonds is 5. The Kier molecular flexibility index (Phi) is 6.00. The fraction of sp³-hybridized carbons (Fsp3) is 0.0769. The van der Waals surface area contributed by atoms with E-state index in [-0.39, 0.29) is 12.2 Å². The van der Waals surface area contributed by atoms with Crippen molar-refractivity contribution in [1.29, 1.82) is 5.26 Å². The van der Waals surface area contributed by atoms with Crippen LogP contribution in [0.3, 0.4) is 0 Å². The minimum absolute atomic E-state index is 0.137. The molecule has 4 amide bonds. The van der Waals surface area contributed by atoms with Crippen LogP contribution in [0.5, 0.6) is 5.75 Å². The van der Waals surface area contributed by atoms with E-state index in [9.17, 15) is 19.6 Å². The Morgan fingerprint density at radius 3 is 2.45 bits per heavy atom. The molecule has 162 valence electrons. The maximum Gasteiger partial charge on any atom is 0.335 e. The van der Waals surface area contributed by atoms with Crippen molar-refractivity contribution in [2.24, 2.45) is 0 Å². The number of carbonyl (C=O) groups excluding carboxylic acids is 3. The Balaban J connectivity index is 1.66. The second kappa shape index (κ2) is 9.20. The molecule has 0 saturated carbocycles. The molecule has 7 heteroatoms. The number of urea groups is 1. The van der Waals surface area contributed by atoms with E-state index in [0.29, 0.717) is 28.1 Å². The van der Waals surface area contributed by atoms with Crippen molar-refractivity contribution in [2.45, 2.75) is 13.5 Å². The lowest BCUT2D eigenvalue weighted by Crippen LogP contribution is -2.54. The topological polar surface area (TPSA) is 99.5 Å². The average Bonchev–Trinajstić information content (AvgIpc) is 2.82. The quantitative estimate of drug-likeness (QED) is 0.478. The van der Waals surface area contributed by atoms with Crippen molar-refractivity contribution < 1.29 is 19.1 Å². The zero-order valence-electron chi connectivity index (χ0n) is 17.7. The van der Waals surface area contributed by atoms with Gasteiger partial charge in [0.25, 0.3) is 11.8 Å². The average molecular weight is 437 g/mol. The van der Waals surface area contributed by atoms with Crippen LogP contribution in [0.15, 0.2) is 78.4 Å². The van der Waals surface area contributed by atoms with E-state index in [1.165, 1.54) is 6.08 Å². The summed E-state index contributed by atoms with van der Waals surface area (Å²) in [5.74, 6) is -1.07. The van der Waals surface area contributed by atoms with E-state index in [4.69, 9.17) is 4.74 Å². The molecule has 1 saturated heterocycles. The number of aryl methyl sites for hydroxylation is 1. The number of anilines is 1. The Hall–Kier alpha value is -4.70. The van der Waals surface area contributed by atoms with Gasteiger partial charge in [-0.25, -0.2) is 9.69 Å². The Morgan fingerprint density at radius 2 is 1.67 bits per heavy atom. The number of barbiturate groups is 1. The second-order valence-corrected chi connectivity index (χ2v) is 7.34. The van der Waals surface area contributed by atoms with Crippen LogP contribution in [0, 0.1) is 18.3 Å². The number of nitriles is 1. The molecule has 3 aromatic carbocycles. The van der Waals surface area contributed by atoms with Crippen LogP contribution in [0.2, 0.25) is 0 Å². The van der Waals surface area contributed by atoms with Crippen LogP contribution in [0.25, 0.3) is 6.08 Å². The van der Waals surface area contributed by atoms with Crippen LogP contribution in [0.1, 0.15) is 22.3 Å². The smallest absolute Gasteiger partial charge is 0.335 e. The van der Waals surface area contributed by atoms with Gasteiger partial charge in [0.05, 0.1) is 17.3 Å². The summed E-state index contributed by atoms with van der Waals surface area (Å²) in [6, 6.07) is 22.3. The van der Waals surface area contributed by atoms with E-state index >= 15 is 0 Å². The maximum atomic E-state index is 13.2. The Bertz CT molecular complexity index is 1340. The first kappa shape index (κ1) is 21.5. The van der Waals surface area contributed by atoms with E-state index < -0.39 is 17.8 Å². The van der Waals surface area contributed by atoms with Crippen LogP contribution >= 0.6 is 0 Å². The van der Waals surface area contributed by atoms with Crippen LogP contribution in [0.4, 0.5) is 10.5 Å². The molecule has 0 unspecified atom stereocenters. The molecule has 0 bridgehead atoms. The Labute approximate surface area is 190 Å². The standard InChI is InChI=1S/C26H19N3O4/c1-17-8-2-6-12-22(17)29-25(31)21(24(30)28-26(29)32)14-18-9-5-7-13-23(18)33-16-20-11-4-3-10-19(20)15-27/h2-14H,16H2,1H3,(H,28,30,32)/b21-14+. The third kappa shape index (κ3) is 4.36. The van der Waals surface area contributed by atoms with E-state index in [1.807, 2.05) is 6.07 Å². The highest BCUT2D eigenvalue weighted by Gasteiger charge is 2.37. The third-order valence-corrected chi connectivity index (χ3v) is 5.20. The molecular weight excluding hydrogens is 418 g/mol. The predicted octanol–water partition coefficient (Wildman–Crippen LogP) is 4.11. The summed E-state index contributed by atoms with van der Waals surface area (Å²) in [7, 11) is 0. The molecule has 33 heavy (non-hydrogen) atoms. The van der Waals surface area contributed by atoms with Crippen LogP contribution in [-0.4, -0.2) is 17.8 Å². The number of imide groups is 2. The summed E-state index contributed by atoms with van der Waals surface area (Å²) in [6.07, 6.45) is 1.40. The number of amides is 4. The van der Waals surface area contributed by atoms with Gasteiger partial charge in [-0.2, -0.15) is 5.26 Å². The van der Waals surface area contributed by atoms with Crippen molar-refractivity contribution in [3.63, 3.8) is 0 Å². The molecule has 1 fully saturated rings. The minimum Gasteiger partial charge on any atom is -0.488 e. The van der Waals surface area contributed by atoms with Crippen molar-refractivity contribution in [3.8, 4) is 11.8 Å². The van der Waals surface area contributed by atoms with Crippen LogP contribution < -0.4 is 15.0 Å². The van der Waals surface area contributed by atoms with Gasteiger partial charge in [0.2, 0.25) is 0 Å². The summed E-state index contributed by atoms with van der Waals surface area (Å²) < 4.78 is 5.91. The monoisotopic (exact) mass is 437 g/mol. The van der Waals surface area contributed by atoms with E-state index in [1.54, 1.807) is 73.7 Å². The van der Waals surface area contributed by atoms with Gasteiger partial charge in [0.1, 0.15) is 17.9 Å². The first-order chi connectivity index (χ1) is 16.0. The van der Waals surface area contributed by atoms with Gasteiger partial charge in [0.15, 0.2) is 0 Å². The molecule has 7 nitrogen and oxygen atoms in total. The number of nitrogens with zero attached hydrogens (tertiary/aromatic N) is 2. The lowest BCUT2D eigenvalue weighted by Gasteiger charge is -2.27. The molecule has 0 aromatic heterocycles. The number of ether oxygens (including phenoxy) is 1. The SMILES string of the molecule is Cc1ccccc1N1C(=O)NC(=O)/C(=C\c2ccccc2OCc2ccccc2C#N)C1=O. The molecule has 1 aliphatic heterocycles. The zero-order valence-corrected chi connectivity index (χ0v) is 17.7. The molecule has 0 radical (unpaired) electrons. The number of carbonyl (C=O) groups is 3. The van der Waals surface area contributed by atoms with E-state index in [0.717, 1.165) is 10.5 Å². The number of para-hydroxylation sites is 2. The normalized spacial score (nSPS) is 14.7. The molecule has 0 atom stereocenters. The molecule has 4 rings (SSSR count). The maximum absolute atomic E-state index is 13.2. The Morgan fingerprint density at radius 1 is 0.970 bits per heavy atom. The zero-order chi connectivity index (χ0) is 23.4. The van der Waals surface area contributed by atoms with E-state index in [2.05, 4.69) is 11.4 Å². The van der Waals surface area contributed by atoms with Crippen molar-refractivity contribution in [1.82, 2.24) is 5.32 Å².